The Kier molecular flexibility index (Phi) is 3.60. The summed E-state index contributed by atoms with van der Waals surface area (Å²) in [4.78, 5) is 10.9. The molecule has 3 N–H and O–H groups in total. The van der Waals surface area contributed by atoms with Crippen molar-refractivity contribution in [2.24, 2.45) is 0 Å². The molecular formula is C9H9F3N2O2. The van der Waals surface area contributed by atoms with E-state index in [4.69, 9.17) is 5.73 Å². The molecule has 0 saturated heterocycles. The molecule has 0 heterocycles. The summed E-state index contributed by atoms with van der Waals surface area (Å²) in [7, 11) is 0. The van der Waals surface area contributed by atoms with E-state index < -0.39 is 18.9 Å². The van der Waals surface area contributed by atoms with Crippen LogP contribution in [0.2, 0.25) is 0 Å². The lowest BCUT2D eigenvalue weighted by Gasteiger charge is -2.10. The fourth-order valence-electron chi connectivity index (χ4n) is 0.904. The first kappa shape index (κ1) is 12.2. The maximum absolute atomic E-state index is 11.7. The van der Waals surface area contributed by atoms with Gasteiger partial charge < -0.3 is 10.5 Å². The van der Waals surface area contributed by atoms with Crippen LogP contribution in [0.3, 0.4) is 0 Å². The zero-order chi connectivity index (χ0) is 12.2. The number of para-hydroxylation sites is 2. The van der Waals surface area contributed by atoms with E-state index in [0.717, 1.165) is 0 Å². The van der Waals surface area contributed by atoms with Crippen molar-refractivity contribution >= 4 is 17.5 Å². The van der Waals surface area contributed by atoms with Crippen LogP contribution in [-0.2, 0) is 4.74 Å². The summed E-state index contributed by atoms with van der Waals surface area (Å²) in [5.41, 5.74) is 5.90. The highest BCUT2D eigenvalue weighted by molar-refractivity contribution is 5.88. The molecule has 0 spiro atoms. The Morgan fingerprint density at radius 1 is 1.38 bits per heavy atom. The molecule has 0 saturated carbocycles. The molecule has 7 heteroatoms. The van der Waals surface area contributed by atoms with Crippen molar-refractivity contribution in [2.45, 2.75) is 6.18 Å². The highest BCUT2D eigenvalue weighted by Crippen LogP contribution is 2.18. The molecule has 16 heavy (non-hydrogen) atoms. The highest BCUT2D eigenvalue weighted by Gasteiger charge is 2.29. The standard InChI is InChI=1S/C9H9F3N2O2/c10-9(11,12)5-16-8(15)14-7-4-2-1-3-6(7)13/h1-4H,5,13H2,(H,14,15). The number of nitrogens with one attached hydrogen (secondary N) is 1. The summed E-state index contributed by atoms with van der Waals surface area (Å²) in [6.07, 6.45) is -5.74. The Bertz CT molecular complexity index is 379. The molecule has 0 aliphatic heterocycles. The van der Waals surface area contributed by atoms with Crippen molar-refractivity contribution in [2.75, 3.05) is 17.7 Å². The van der Waals surface area contributed by atoms with Crippen LogP contribution >= 0.6 is 0 Å². The maximum Gasteiger partial charge on any atom is 0.422 e. The second kappa shape index (κ2) is 4.73. The van der Waals surface area contributed by atoms with Gasteiger partial charge in [0.1, 0.15) is 0 Å². The lowest BCUT2D eigenvalue weighted by Crippen LogP contribution is -2.23. The lowest BCUT2D eigenvalue weighted by molar-refractivity contribution is -0.159. The summed E-state index contributed by atoms with van der Waals surface area (Å²) in [5.74, 6) is 0. The van der Waals surface area contributed by atoms with Crippen LogP contribution in [0.5, 0.6) is 0 Å². The van der Waals surface area contributed by atoms with Crippen molar-refractivity contribution in [3.05, 3.63) is 24.3 Å². The predicted molar refractivity (Wildman–Crippen MR) is 51.9 cm³/mol. The van der Waals surface area contributed by atoms with Crippen LogP contribution in [0.25, 0.3) is 0 Å². The van der Waals surface area contributed by atoms with Gasteiger partial charge in [-0.25, -0.2) is 4.79 Å². The van der Waals surface area contributed by atoms with Gasteiger partial charge in [0.25, 0.3) is 0 Å². The minimum Gasteiger partial charge on any atom is -0.440 e. The van der Waals surface area contributed by atoms with E-state index in [1.807, 2.05) is 0 Å². The van der Waals surface area contributed by atoms with Gasteiger partial charge in [-0.1, -0.05) is 12.1 Å². The number of nitrogens with two attached hydrogens (primary N) is 1. The monoisotopic (exact) mass is 234 g/mol. The van der Waals surface area contributed by atoms with E-state index in [2.05, 4.69) is 10.1 Å². The molecule has 0 aromatic heterocycles. The third kappa shape index (κ3) is 4.07. The number of hydrogen-bond acceptors (Lipinski definition) is 3. The molecule has 1 aromatic rings. The van der Waals surface area contributed by atoms with E-state index >= 15 is 0 Å². The van der Waals surface area contributed by atoms with Crippen LogP contribution in [0.15, 0.2) is 24.3 Å². The van der Waals surface area contributed by atoms with Gasteiger partial charge in [0.15, 0.2) is 6.61 Å². The van der Waals surface area contributed by atoms with Crippen LogP contribution in [0.4, 0.5) is 29.3 Å². The first-order valence-electron chi connectivity index (χ1n) is 4.23. The Balaban J connectivity index is 2.50. The molecule has 88 valence electrons. The molecule has 0 atom stereocenters. The second-order valence-electron chi connectivity index (χ2n) is 2.90. The van der Waals surface area contributed by atoms with Crippen molar-refractivity contribution in [3.63, 3.8) is 0 Å². The molecule has 1 rings (SSSR count). The van der Waals surface area contributed by atoms with Crippen molar-refractivity contribution in [1.29, 1.82) is 0 Å². The molecule has 0 unspecified atom stereocenters. The molecular weight excluding hydrogens is 225 g/mol. The molecule has 0 bridgehead atoms. The van der Waals surface area contributed by atoms with Gasteiger partial charge in [-0.2, -0.15) is 13.2 Å². The molecule has 1 aromatic carbocycles. The molecule has 0 fully saturated rings. The summed E-state index contributed by atoms with van der Waals surface area (Å²) in [6, 6.07) is 6.15. The Hall–Kier alpha value is -1.92. The molecule has 0 aliphatic carbocycles. The summed E-state index contributed by atoms with van der Waals surface area (Å²) >= 11 is 0. The summed E-state index contributed by atoms with van der Waals surface area (Å²) in [6.45, 7) is -1.63. The Morgan fingerprint density at radius 2 is 2.00 bits per heavy atom. The average molecular weight is 234 g/mol. The Morgan fingerprint density at radius 3 is 2.56 bits per heavy atom. The second-order valence-corrected chi connectivity index (χ2v) is 2.90. The van der Waals surface area contributed by atoms with Gasteiger partial charge in [-0.15, -0.1) is 0 Å². The molecule has 4 nitrogen and oxygen atoms in total. The first-order chi connectivity index (χ1) is 7.38. The van der Waals surface area contributed by atoms with E-state index in [-0.39, 0.29) is 11.4 Å². The van der Waals surface area contributed by atoms with Crippen LogP contribution in [-0.4, -0.2) is 18.9 Å². The first-order valence-corrected chi connectivity index (χ1v) is 4.23. The van der Waals surface area contributed by atoms with Gasteiger partial charge in [0, 0.05) is 0 Å². The van der Waals surface area contributed by atoms with Gasteiger partial charge in [0.05, 0.1) is 11.4 Å². The topological polar surface area (TPSA) is 64.3 Å². The SMILES string of the molecule is Nc1ccccc1NC(=O)OCC(F)(F)F. The van der Waals surface area contributed by atoms with Gasteiger partial charge in [-0.3, -0.25) is 5.32 Å². The number of anilines is 2. The number of amides is 1. The highest BCUT2D eigenvalue weighted by atomic mass is 19.4. The van der Waals surface area contributed by atoms with Crippen molar-refractivity contribution in [3.8, 4) is 0 Å². The summed E-state index contributed by atoms with van der Waals surface area (Å²) < 4.78 is 39.0. The molecule has 1 amide bonds. The van der Waals surface area contributed by atoms with Crippen molar-refractivity contribution in [1.82, 2.24) is 0 Å². The van der Waals surface area contributed by atoms with Gasteiger partial charge in [-0.05, 0) is 12.1 Å². The number of benzene rings is 1. The molecule has 0 aliphatic rings. The number of nitrogen functional groups attached to an aromatic ring is 1. The minimum absolute atomic E-state index is 0.203. The number of ether oxygens (including phenoxy) is 1. The maximum atomic E-state index is 11.7. The number of alkyl halides is 3. The zero-order valence-corrected chi connectivity index (χ0v) is 8.04. The quantitative estimate of drug-likeness (QED) is 0.772. The number of carbonyl (C=O) groups is 1. The average Bonchev–Trinajstić information content (AvgIpc) is 2.18. The number of hydrogen-bond donors (Lipinski definition) is 2. The van der Waals surface area contributed by atoms with Gasteiger partial charge in [0.2, 0.25) is 0 Å². The number of rotatable bonds is 2. The largest absolute Gasteiger partial charge is 0.440 e. The Labute approximate surface area is 89.2 Å². The summed E-state index contributed by atoms with van der Waals surface area (Å²) in [5, 5.41) is 2.10. The van der Waals surface area contributed by atoms with E-state index in [0.29, 0.717) is 0 Å². The smallest absolute Gasteiger partial charge is 0.422 e. The van der Waals surface area contributed by atoms with E-state index in [1.165, 1.54) is 12.1 Å². The number of carbonyl (C=O) groups excluding carboxylic acids is 1. The van der Waals surface area contributed by atoms with Gasteiger partial charge >= 0.3 is 12.3 Å². The van der Waals surface area contributed by atoms with Crippen LogP contribution in [0.1, 0.15) is 0 Å². The van der Waals surface area contributed by atoms with E-state index in [1.54, 1.807) is 12.1 Å². The van der Waals surface area contributed by atoms with E-state index in [9.17, 15) is 18.0 Å². The minimum atomic E-state index is -4.54. The number of halogens is 3. The van der Waals surface area contributed by atoms with Crippen molar-refractivity contribution < 1.29 is 22.7 Å². The fourth-order valence-corrected chi connectivity index (χ4v) is 0.904. The van der Waals surface area contributed by atoms with Crippen LogP contribution in [0, 0.1) is 0 Å². The lowest BCUT2D eigenvalue weighted by atomic mass is 10.3. The molecule has 0 radical (unpaired) electrons. The third-order valence-corrected chi connectivity index (χ3v) is 1.56. The van der Waals surface area contributed by atoms with Crippen LogP contribution < -0.4 is 11.1 Å². The zero-order valence-electron chi connectivity index (χ0n) is 8.04. The fraction of sp³-hybridized carbons (Fsp3) is 0.222. The predicted octanol–water partition coefficient (Wildman–Crippen LogP) is 2.38. The third-order valence-electron chi connectivity index (χ3n) is 1.56. The normalized spacial score (nSPS) is 10.9.